The molecule has 2 N–H and O–H groups in total. The zero-order chi connectivity index (χ0) is 27.1. The Labute approximate surface area is 215 Å². The van der Waals surface area contributed by atoms with E-state index in [9.17, 15) is 14.0 Å². The summed E-state index contributed by atoms with van der Waals surface area (Å²) in [6, 6.07) is 23.0. The summed E-state index contributed by atoms with van der Waals surface area (Å²) in [6.45, 7) is 5.97. The highest BCUT2D eigenvalue weighted by molar-refractivity contribution is 5.90. The van der Waals surface area contributed by atoms with Crippen molar-refractivity contribution in [3.05, 3.63) is 118 Å². The maximum atomic E-state index is 13.7. The average molecular weight is 501 g/mol. The number of hydrogen-bond donors (Lipinski definition) is 2. The highest BCUT2D eigenvalue weighted by Crippen LogP contribution is 2.30. The van der Waals surface area contributed by atoms with E-state index in [1.165, 1.54) is 24.8 Å². The SMILES string of the molecule is COCc1cc(C(=O)O)ccc1-c1cccc(F)c1C.Cc1ccccc1-c1ccc(C(=O)O)cc1C. The third-order valence-corrected chi connectivity index (χ3v) is 6.12. The minimum absolute atomic E-state index is 0.190. The minimum atomic E-state index is -0.995. The lowest BCUT2D eigenvalue weighted by atomic mass is 9.94. The number of halogens is 1. The molecule has 0 saturated heterocycles. The van der Waals surface area contributed by atoms with E-state index in [0.717, 1.165) is 33.4 Å². The summed E-state index contributed by atoms with van der Waals surface area (Å²) in [5.41, 5.74) is 7.74. The Balaban J connectivity index is 0.000000208. The molecular weight excluding hydrogens is 471 g/mol. The van der Waals surface area contributed by atoms with Crippen LogP contribution in [0.25, 0.3) is 22.3 Å². The zero-order valence-electron chi connectivity index (χ0n) is 21.2. The lowest BCUT2D eigenvalue weighted by molar-refractivity contribution is 0.0686. The van der Waals surface area contributed by atoms with E-state index in [0.29, 0.717) is 11.1 Å². The average Bonchev–Trinajstić information content (AvgIpc) is 2.87. The van der Waals surface area contributed by atoms with Gasteiger partial charge >= 0.3 is 11.9 Å². The Morgan fingerprint density at radius 3 is 1.86 bits per heavy atom. The molecule has 0 amide bonds. The number of aromatic carboxylic acids is 2. The Bertz CT molecular complexity index is 1440. The van der Waals surface area contributed by atoms with Gasteiger partial charge in [0.05, 0.1) is 17.7 Å². The quantitative estimate of drug-likeness (QED) is 0.290. The van der Waals surface area contributed by atoms with Gasteiger partial charge in [0, 0.05) is 7.11 Å². The molecule has 0 aliphatic heterocycles. The van der Waals surface area contributed by atoms with Gasteiger partial charge in [0.25, 0.3) is 0 Å². The van der Waals surface area contributed by atoms with E-state index in [2.05, 4.69) is 19.1 Å². The number of carboxylic acids is 2. The third-order valence-electron chi connectivity index (χ3n) is 6.12. The van der Waals surface area contributed by atoms with Crippen LogP contribution in [0, 0.1) is 26.6 Å². The van der Waals surface area contributed by atoms with Gasteiger partial charge in [0.15, 0.2) is 0 Å². The van der Waals surface area contributed by atoms with Gasteiger partial charge in [0.1, 0.15) is 5.82 Å². The standard InChI is InChI=1S/C16H15FO3.C15H14O2/c1-10-13(4-3-5-15(10)17)14-7-6-11(16(18)19)8-12(14)9-20-2;1-10-5-3-4-6-13(10)14-8-7-12(15(16)17)9-11(14)2/h3-8H,9H2,1-2H3,(H,18,19);3-9H,1-2H3,(H,16,17). The highest BCUT2D eigenvalue weighted by atomic mass is 19.1. The number of benzene rings is 4. The Hall–Kier alpha value is -4.29. The van der Waals surface area contributed by atoms with Crippen LogP contribution in [-0.4, -0.2) is 29.3 Å². The number of ether oxygens (including phenoxy) is 1. The summed E-state index contributed by atoms with van der Waals surface area (Å²) in [5, 5.41) is 18.0. The third kappa shape index (κ3) is 6.48. The monoisotopic (exact) mass is 500 g/mol. The molecule has 4 rings (SSSR count). The van der Waals surface area contributed by atoms with Crippen molar-refractivity contribution in [2.45, 2.75) is 27.4 Å². The molecule has 0 spiro atoms. The van der Waals surface area contributed by atoms with Crippen LogP contribution in [0.4, 0.5) is 4.39 Å². The van der Waals surface area contributed by atoms with Crippen LogP contribution >= 0.6 is 0 Å². The minimum Gasteiger partial charge on any atom is -0.478 e. The normalized spacial score (nSPS) is 10.4. The first-order chi connectivity index (χ1) is 17.6. The summed E-state index contributed by atoms with van der Waals surface area (Å²) >= 11 is 0. The number of carbonyl (C=O) groups is 2. The summed E-state index contributed by atoms with van der Waals surface area (Å²) in [5.74, 6) is -2.16. The van der Waals surface area contributed by atoms with Crippen molar-refractivity contribution in [3.8, 4) is 22.3 Å². The van der Waals surface area contributed by atoms with Crippen molar-refractivity contribution in [2.24, 2.45) is 0 Å². The first kappa shape index (κ1) is 27.3. The van der Waals surface area contributed by atoms with E-state index >= 15 is 0 Å². The second-order valence-corrected chi connectivity index (χ2v) is 8.67. The lowest BCUT2D eigenvalue weighted by Gasteiger charge is -2.13. The predicted octanol–water partition coefficient (Wildman–Crippen LogP) is 7.31. The smallest absolute Gasteiger partial charge is 0.335 e. The molecule has 0 aromatic heterocycles. The molecular formula is C31H29FO5. The molecule has 0 saturated carbocycles. The molecule has 0 fully saturated rings. The molecule has 37 heavy (non-hydrogen) atoms. The summed E-state index contributed by atoms with van der Waals surface area (Å²) < 4.78 is 18.8. The Kier molecular flexibility index (Phi) is 8.93. The maximum absolute atomic E-state index is 13.7. The summed E-state index contributed by atoms with van der Waals surface area (Å²) in [4.78, 5) is 21.9. The van der Waals surface area contributed by atoms with Crippen molar-refractivity contribution < 1.29 is 28.9 Å². The van der Waals surface area contributed by atoms with Crippen molar-refractivity contribution in [3.63, 3.8) is 0 Å². The van der Waals surface area contributed by atoms with Crippen molar-refractivity contribution in [2.75, 3.05) is 7.11 Å². The van der Waals surface area contributed by atoms with Gasteiger partial charge in [-0.25, -0.2) is 14.0 Å². The van der Waals surface area contributed by atoms with E-state index in [-0.39, 0.29) is 18.0 Å². The molecule has 0 unspecified atom stereocenters. The van der Waals surface area contributed by atoms with Gasteiger partial charge in [-0.2, -0.15) is 0 Å². The van der Waals surface area contributed by atoms with Gasteiger partial charge in [0.2, 0.25) is 0 Å². The molecule has 5 nitrogen and oxygen atoms in total. The molecule has 0 atom stereocenters. The van der Waals surface area contributed by atoms with Crippen LogP contribution in [0.3, 0.4) is 0 Å². The Morgan fingerprint density at radius 1 is 0.703 bits per heavy atom. The molecule has 4 aromatic rings. The van der Waals surface area contributed by atoms with Gasteiger partial charge in [-0.15, -0.1) is 0 Å². The number of hydrogen-bond acceptors (Lipinski definition) is 3. The van der Waals surface area contributed by atoms with Crippen LogP contribution in [0.2, 0.25) is 0 Å². The van der Waals surface area contributed by atoms with Gasteiger partial charge < -0.3 is 14.9 Å². The van der Waals surface area contributed by atoms with Gasteiger partial charge in [-0.3, -0.25) is 0 Å². The second kappa shape index (κ2) is 12.1. The number of rotatable bonds is 6. The van der Waals surface area contributed by atoms with Crippen LogP contribution in [0.5, 0.6) is 0 Å². The highest BCUT2D eigenvalue weighted by Gasteiger charge is 2.13. The number of aryl methyl sites for hydroxylation is 2. The molecule has 0 heterocycles. The topological polar surface area (TPSA) is 83.8 Å². The van der Waals surface area contributed by atoms with Crippen molar-refractivity contribution in [1.29, 1.82) is 0 Å². The zero-order valence-corrected chi connectivity index (χ0v) is 21.2. The predicted molar refractivity (Wildman–Crippen MR) is 143 cm³/mol. The number of methoxy groups -OCH3 is 1. The summed E-state index contributed by atoms with van der Waals surface area (Å²) in [7, 11) is 1.54. The largest absolute Gasteiger partial charge is 0.478 e. The van der Waals surface area contributed by atoms with Crippen molar-refractivity contribution in [1.82, 2.24) is 0 Å². The molecule has 4 aromatic carbocycles. The molecule has 0 bridgehead atoms. The van der Waals surface area contributed by atoms with Gasteiger partial charge in [-0.05, 0) is 95.6 Å². The van der Waals surface area contributed by atoms with Crippen LogP contribution in [0.1, 0.15) is 43.0 Å². The number of carboxylic acid groups (broad SMARTS) is 2. The first-order valence-electron chi connectivity index (χ1n) is 11.6. The fourth-order valence-corrected chi connectivity index (χ4v) is 4.14. The molecule has 6 heteroatoms. The second-order valence-electron chi connectivity index (χ2n) is 8.67. The van der Waals surface area contributed by atoms with Crippen molar-refractivity contribution >= 4 is 11.9 Å². The van der Waals surface area contributed by atoms with E-state index in [4.69, 9.17) is 14.9 Å². The van der Waals surface area contributed by atoms with Crippen LogP contribution in [-0.2, 0) is 11.3 Å². The fourth-order valence-electron chi connectivity index (χ4n) is 4.14. The molecule has 0 aliphatic rings. The fraction of sp³-hybridized carbons (Fsp3) is 0.161. The Morgan fingerprint density at radius 2 is 1.27 bits per heavy atom. The molecule has 0 radical (unpaired) electrons. The summed E-state index contributed by atoms with van der Waals surface area (Å²) in [6.07, 6.45) is 0. The van der Waals surface area contributed by atoms with E-state index in [1.54, 1.807) is 37.3 Å². The van der Waals surface area contributed by atoms with E-state index in [1.807, 2.05) is 31.2 Å². The first-order valence-corrected chi connectivity index (χ1v) is 11.6. The van der Waals surface area contributed by atoms with Crippen LogP contribution < -0.4 is 0 Å². The molecule has 0 aliphatic carbocycles. The van der Waals surface area contributed by atoms with Crippen LogP contribution in [0.15, 0.2) is 78.9 Å². The maximum Gasteiger partial charge on any atom is 0.335 e. The van der Waals surface area contributed by atoms with E-state index < -0.39 is 11.9 Å². The van der Waals surface area contributed by atoms with Gasteiger partial charge in [-0.1, -0.05) is 48.5 Å². The molecule has 190 valence electrons. The lowest BCUT2D eigenvalue weighted by Crippen LogP contribution is -2.01.